The van der Waals surface area contributed by atoms with Gasteiger partial charge in [0.05, 0.1) is 24.6 Å². The molecule has 4 nitrogen and oxygen atoms in total. The maximum absolute atomic E-state index is 9.26. The van der Waals surface area contributed by atoms with Crippen LogP contribution in [0.3, 0.4) is 0 Å². The summed E-state index contributed by atoms with van der Waals surface area (Å²) in [5.74, 6) is 0. The highest BCUT2D eigenvalue weighted by Gasteiger charge is 2.23. The zero-order chi connectivity index (χ0) is 11.8. The summed E-state index contributed by atoms with van der Waals surface area (Å²) in [7, 11) is 0. The second-order valence-electron chi connectivity index (χ2n) is 4.08. The molecule has 1 aromatic heterocycles. The van der Waals surface area contributed by atoms with Crippen molar-refractivity contribution in [3.05, 3.63) is 46.8 Å². The fraction of sp³-hybridized carbons (Fsp3) is 0.231. The van der Waals surface area contributed by atoms with Gasteiger partial charge < -0.3 is 4.74 Å². The molecule has 17 heavy (non-hydrogen) atoms. The number of rotatable bonds is 1. The van der Waals surface area contributed by atoms with Gasteiger partial charge in [0.15, 0.2) is 0 Å². The summed E-state index contributed by atoms with van der Waals surface area (Å²) in [4.78, 5) is 0. The lowest BCUT2D eigenvalue weighted by Crippen LogP contribution is -2.03. The highest BCUT2D eigenvalue weighted by Crippen LogP contribution is 2.25. The van der Waals surface area contributed by atoms with E-state index in [1.54, 1.807) is 4.68 Å². The maximum atomic E-state index is 9.26. The van der Waals surface area contributed by atoms with Crippen LogP contribution in [0, 0.1) is 18.3 Å². The van der Waals surface area contributed by atoms with Crippen molar-refractivity contribution in [1.29, 1.82) is 5.26 Å². The van der Waals surface area contributed by atoms with Gasteiger partial charge in [0.1, 0.15) is 11.8 Å². The average Bonchev–Trinajstić information content (AvgIpc) is 2.89. The zero-order valence-corrected chi connectivity index (χ0v) is 9.47. The van der Waals surface area contributed by atoms with Crippen LogP contribution in [0.25, 0.3) is 5.69 Å². The Labute approximate surface area is 99.1 Å². The summed E-state index contributed by atoms with van der Waals surface area (Å²) in [6.45, 7) is 3.01. The van der Waals surface area contributed by atoms with E-state index in [4.69, 9.17) is 4.74 Å². The van der Waals surface area contributed by atoms with Crippen molar-refractivity contribution in [2.75, 3.05) is 0 Å². The van der Waals surface area contributed by atoms with Crippen LogP contribution in [0.15, 0.2) is 24.3 Å². The fourth-order valence-corrected chi connectivity index (χ4v) is 2.10. The number of fused-ring (bicyclic) bond motifs is 1. The Morgan fingerprint density at radius 3 is 2.94 bits per heavy atom. The first kappa shape index (κ1) is 10.1. The summed E-state index contributed by atoms with van der Waals surface area (Å²) in [5.41, 5.74) is 4.46. The molecule has 0 atom stereocenters. The highest BCUT2D eigenvalue weighted by atomic mass is 16.5. The van der Waals surface area contributed by atoms with Gasteiger partial charge in [0.2, 0.25) is 0 Å². The van der Waals surface area contributed by atoms with Crippen LogP contribution in [0.1, 0.15) is 22.5 Å². The van der Waals surface area contributed by atoms with Gasteiger partial charge in [-0.15, -0.1) is 0 Å². The van der Waals surface area contributed by atoms with Gasteiger partial charge >= 0.3 is 0 Å². The van der Waals surface area contributed by atoms with E-state index in [9.17, 15) is 5.26 Å². The van der Waals surface area contributed by atoms with Crippen molar-refractivity contribution in [3.63, 3.8) is 0 Å². The monoisotopic (exact) mass is 225 g/mol. The zero-order valence-electron chi connectivity index (χ0n) is 9.47. The number of hydrogen-bond donors (Lipinski definition) is 0. The number of benzene rings is 1. The van der Waals surface area contributed by atoms with Gasteiger partial charge in [-0.1, -0.05) is 18.2 Å². The number of para-hydroxylation sites is 1. The third-order valence-electron chi connectivity index (χ3n) is 3.00. The molecule has 0 bridgehead atoms. The number of aryl methyl sites for hydroxylation is 1. The molecular formula is C13H11N3O. The normalized spacial score (nSPS) is 13.4. The molecule has 0 spiro atoms. The van der Waals surface area contributed by atoms with Gasteiger partial charge in [-0.2, -0.15) is 10.4 Å². The number of hydrogen-bond acceptors (Lipinski definition) is 3. The Hall–Kier alpha value is -2.12. The lowest BCUT2D eigenvalue weighted by Gasteiger charge is -2.07. The average molecular weight is 225 g/mol. The molecule has 0 fully saturated rings. The Morgan fingerprint density at radius 1 is 1.35 bits per heavy atom. The molecule has 1 aliphatic heterocycles. The molecule has 0 saturated heterocycles. The third-order valence-corrected chi connectivity index (χ3v) is 3.00. The molecule has 1 aromatic carbocycles. The minimum absolute atomic E-state index is 0.490. The van der Waals surface area contributed by atoms with E-state index in [1.807, 2.05) is 31.2 Å². The first-order valence-electron chi connectivity index (χ1n) is 5.46. The largest absolute Gasteiger partial charge is 0.370 e. The predicted molar refractivity (Wildman–Crippen MR) is 61.5 cm³/mol. The number of nitrogens with zero attached hydrogens (tertiary/aromatic N) is 3. The SMILES string of the molecule is Cc1ccccc1-n1nc2c(c1C#N)COC2. The van der Waals surface area contributed by atoms with Gasteiger partial charge in [-0.05, 0) is 18.6 Å². The van der Waals surface area contributed by atoms with Crippen LogP contribution in [0.2, 0.25) is 0 Å². The molecule has 0 unspecified atom stereocenters. The van der Waals surface area contributed by atoms with E-state index in [1.165, 1.54) is 0 Å². The lowest BCUT2D eigenvalue weighted by atomic mass is 10.2. The van der Waals surface area contributed by atoms with Crippen molar-refractivity contribution >= 4 is 0 Å². The second kappa shape index (κ2) is 3.72. The molecule has 2 heterocycles. The van der Waals surface area contributed by atoms with Crippen LogP contribution in [-0.2, 0) is 18.0 Å². The third kappa shape index (κ3) is 1.44. The molecule has 4 heteroatoms. The molecule has 0 aliphatic carbocycles. The topological polar surface area (TPSA) is 50.8 Å². The van der Waals surface area contributed by atoms with E-state index in [0.29, 0.717) is 18.9 Å². The van der Waals surface area contributed by atoms with Crippen molar-refractivity contribution in [2.24, 2.45) is 0 Å². The molecule has 3 rings (SSSR count). The maximum Gasteiger partial charge on any atom is 0.150 e. The first-order chi connectivity index (χ1) is 8.31. The number of nitriles is 1. The standard InChI is InChI=1S/C13H11N3O/c1-9-4-2-3-5-12(9)16-13(6-14)10-7-17-8-11(10)15-16/h2-5H,7-8H2,1H3. The molecule has 0 radical (unpaired) electrons. The highest BCUT2D eigenvalue weighted by molar-refractivity contribution is 5.47. The molecule has 2 aromatic rings. The van der Waals surface area contributed by atoms with Gasteiger partial charge in [-0.25, -0.2) is 4.68 Å². The molecular weight excluding hydrogens is 214 g/mol. The van der Waals surface area contributed by atoms with Gasteiger partial charge in [-0.3, -0.25) is 0 Å². The van der Waals surface area contributed by atoms with Crippen LogP contribution in [0.4, 0.5) is 0 Å². The van der Waals surface area contributed by atoms with Crippen LogP contribution in [0.5, 0.6) is 0 Å². The molecule has 0 saturated carbocycles. The van der Waals surface area contributed by atoms with Gasteiger partial charge in [0.25, 0.3) is 0 Å². The van der Waals surface area contributed by atoms with Crippen LogP contribution in [-0.4, -0.2) is 9.78 Å². The number of ether oxygens (including phenoxy) is 1. The summed E-state index contributed by atoms with van der Waals surface area (Å²) in [6.07, 6.45) is 0. The Morgan fingerprint density at radius 2 is 2.18 bits per heavy atom. The van der Waals surface area contributed by atoms with Crippen molar-refractivity contribution in [3.8, 4) is 11.8 Å². The van der Waals surface area contributed by atoms with E-state index in [2.05, 4.69) is 11.2 Å². The Bertz CT molecular complexity index is 622. The summed E-state index contributed by atoms with van der Waals surface area (Å²) < 4.78 is 7.02. The lowest BCUT2D eigenvalue weighted by molar-refractivity contribution is 0.131. The fourth-order valence-electron chi connectivity index (χ4n) is 2.10. The molecule has 0 amide bonds. The second-order valence-corrected chi connectivity index (χ2v) is 4.08. The van der Waals surface area contributed by atoms with Crippen molar-refractivity contribution in [1.82, 2.24) is 9.78 Å². The quantitative estimate of drug-likeness (QED) is 0.746. The van der Waals surface area contributed by atoms with Crippen molar-refractivity contribution in [2.45, 2.75) is 20.1 Å². The molecule has 1 aliphatic rings. The van der Waals surface area contributed by atoms with Crippen molar-refractivity contribution < 1.29 is 4.74 Å². The minimum atomic E-state index is 0.490. The van der Waals surface area contributed by atoms with E-state index < -0.39 is 0 Å². The Balaban J connectivity index is 2.23. The van der Waals surface area contributed by atoms with E-state index >= 15 is 0 Å². The van der Waals surface area contributed by atoms with E-state index in [0.717, 1.165) is 22.5 Å². The summed E-state index contributed by atoms with van der Waals surface area (Å²) >= 11 is 0. The van der Waals surface area contributed by atoms with Crippen LogP contribution >= 0.6 is 0 Å². The number of aromatic nitrogens is 2. The summed E-state index contributed by atoms with van der Waals surface area (Å²) in [5, 5.41) is 13.7. The molecule has 84 valence electrons. The van der Waals surface area contributed by atoms with Crippen LogP contribution < -0.4 is 0 Å². The minimum Gasteiger partial charge on any atom is -0.370 e. The molecule has 0 N–H and O–H groups in total. The summed E-state index contributed by atoms with van der Waals surface area (Å²) in [6, 6.07) is 10.1. The van der Waals surface area contributed by atoms with Gasteiger partial charge in [0, 0.05) is 5.56 Å². The smallest absolute Gasteiger partial charge is 0.150 e. The van der Waals surface area contributed by atoms with E-state index in [-0.39, 0.29) is 0 Å². The first-order valence-corrected chi connectivity index (χ1v) is 5.46. The Kier molecular flexibility index (Phi) is 2.20. The predicted octanol–water partition coefficient (Wildman–Crippen LogP) is 2.08.